The van der Waals surface area contributed by atoms with Crippen LogP contribution in [0, 0.1) is 12.8 Å². The summed E-state index contributed by atoms with van der Waals surface area (Å²) in [5, 5.41) is 3.42. The summed E-state index contributed by atoms with van der Waals surface area (Å²) >= 11 is 6.17. The highest BCUT2D eigenvalue weighted by Gasteiger charge is 2.26. The highest BCUT2D eigenvalue weighted by atomic mass is 35.5. The predicted octanol–water partition coefficient (Wildman–Crippen LogP) is 3.85. The Balaban J connectivity index is 1.73. The fourth-order valence-corrected chi connectivity index (χ4v) is 2.90. The van der Waals surface area contributed by atoms with E-state index in [-0.39, 0.29) is 11.8 Å². The number of nitrogens with one attached hydrogen (secondary N) is 1. The van der Waals surface area contributed by atoms with Crippen LogP contribution in [0.15, 0.2) is 36.4 Å². The van der Waals surface area contributed by atoms with Crippen LogP contribution in [-0.2, 0) is 11.2 Å². The Morgan fingerprint density at radius 2 is 2.13 bits per heavy atom. The van der Waals surface area contributed by atoms with Crippen molar-refractivity contribution in [3.8, 4) is 11.5 Å². The van der Waals surface area contributed by atoms with Crippen LogP contribution in [0.1, 0.15) is 11.1 Å². The molecule has 4 nitrogen and oxygen atoms in total. The maximum Gasteiger partial charge on any atom is 0.231 e. The number of halogens is 1. The number of carbonyl (C=O) groups excluding carboxylic acids is 1. The number of aryl methyl sites for hydroxylation is 1. The van der Waals surface area contributed by atoms with Crippen LogP contribution in [0.3, 0.4) is 0 Å². The molecular formula is C18H18ClNO3. The molecule has 0 unspecified atom stereocenters. The topological polar surface area (TPSA) is 47.6 Å². The van der Waals surface area contributed by atoms with E-state index in [0.29, 0.717) is 23.7 Å². The van der Waals surface area contributed by atoms with Crippen molar-refractivity contribution in [2.75, 3.05) is 19.0 Å². The van der Waals surface area contributed by atoms with E-state index in [1.165, 1.54) is 0 Å². The summed E-state index contributed by atoms with van der Waals surface area (Å²) < 4.78 is 10.9. The molecule has 0 fully saturated rings. The molecule has 1 aliphatic heterocycles. The average molecular weight is 332 g/mol. The lowest BCUT2D eigenvalue weighted by molar-refractivity contribution is -0.121. The van der Waals surface area contributed by atoms with E-state index in [2.05, 4.69) is 5.32 Å². The third kappa shape index (κ3) is 3.42. The first-order valence-electron chi connectivity index (χ1n) is 7.43. The Bertz CT molecular complexity index is 745. The summed E-state index contributed by atoms with van der Waals surface area (Å²) in [5.41, 5.74) is 2.65. The molecule has 1 heterocycles. The zero-order valence-corrected chi connectivity index (χ0v) is 13.8. The van der Waals surface area contributed by atoms with Gasteiger partial charge in [-0.1, -0.05) is 17.7 Å². The van der Waals surface area contributed by atoms with Crippen molar-refractivity contribution in [1.82, 2.24) is 0 Å². The largest absolute Gasteiger partial charge is 0.497 e. The molecule has 2 aromatic rings. The van der Waals surface area contributed by atoms with Crippen LogP contribution in [0.4, 0.5) is 5.69 Å². The lowest BCUT2D eigenvalue weighted by Crippen LogP contribution is -2.32. The van der Waals surface area contributed by atoms with Gasteiger partial charge in [0.2, 0.25) is 5.91 Å². The van der Waals surface area contributed by atoms with Gasteiger partial charge in [-0.15, -0.1) is 0 Å². The van der Waals surface area contributed by atoms with Crippen molar-refractivity contribution < 1.29 is 14.3 Å². The van der Waals surface area contributed by atoms with Gasteiger partial charge in [-0.3, -0.25) is 4.79 Å². The first kappa shape index (κ1) is 15.7. The summed E-state index contributed by atoms with van der Waals surface area (Å²) in [6.07, 6.45) is 0.613. The second kappa shape index (κ2) is 6.50. The Morgan fingerprint density at radius 1 is 1.30 bits per heavy atom. The molecule has 0 bridgehead atoms. The van der Waals surface area contributed by atoms with Crippen molar-refractivity contribution >= 4 is 23.2 Å². The van der Waals surface area contributed by atoms with E-state index < -0.39 is 0 Å². The molecule has 0 aromatic heterocycles. The van der Waals surface area contributed by atoms with Crippen molar-refractivity contribution in [2.24, 2.45) is 5.92 Å². The van der Waals surface area contributed by atoms with Crippen molar-refractivity contribution in [1.29, 1.82) is 0 Å². The van der Waals surface area contributed by atoms with Crippen LogP contribution in [0.5, 0.6) is 11.5 Å². The first-order valence-corrected chi connectivity index (χ1v) is 7.81. The molecule has 0 radical (unpaired) electrons. The van der Waals surface area contributed by atoms with Gasteiger partial charge < -0.3 is 14.8 Å². The minimum absolute atomic E-state index is 0.0933. The summed E-state index contributed by atoms with van der Waals surface area (Å²) in [7, 11) is 1.62. The minimum atomic E-state index is -0.257. The van der Waals surface area contributed by atoms with Crippen LogP contribution >= 0.6 is 11.6 Å². The second-order valence-corrected chi connectivity index (χ2v) is 6.07. The zero-order chi connectivity index (χ0) is 16.4. The fraction of sp³-hybridized carbons (Fsp3) is 0.278. The number of benzene rings is 2. The number of methoxy groups -OCH3 is 1. The van der Waals surface area contributed by atoms with Gasteiger partial charge in [0.25, 0.3) is 0 Å². The van der Waals surface area contributed by atoms with Gasteiger partial charge in [0.05, 0.1) is 23.7 Å². The molecule has 5 heteroatoms. The molecule has 1 amide bonds. The number of anilines is 1. The van der Waals surface area contributed by atoms with Crippen molar-refractivity contribution in [2.45, 2.75) is 13.3 Å². The lowest BCUT2D eigenvalue weighted by Gasteiger charge is -2.25. The summed E-state index contributed by atoms with van der Waals surface area (Å²) in [6.45, 7) is 2.31. The third-order valence-electron chi connectivity index (χ3n) is 3.93. The maximum absolute atomic E-state index is 12.5. The van der Waals surface area contributed by atoms with Crippen LogP contribution in [-0.4, -0.2) is 19.6 Å². The number of hydrogen-bond donors (Lipinski definition) is 1. The predicted molar refractivity (Wildman–Crippen MR) is 90.5 cm³/mol. The molecule has 0 saturated carbocycles. The van der Waals surface area contributed by atoms with Crippen molar-refractivity contribution in [3.05, 3.63) is 52.5 Å². The highest BCUT2D eigenvalue weighted by molar-refractivity contribution is 6.33. The van der Waals surface area contributed by atoms with E-state index in [0.717, 1.165) is 22.6 Å². The molecule has 0 aliphatic carbocycles. The van der Waals surface area contributed by atoms with Crippen LogP contribution in [0.2, 0.25) is 5.02 Å². The molecule has 3 rings (SSSR count). The third-order valence-corrected chi connectivity index (χ3v) is 4.24. The maximum atomic E-state index is 12.5. The van der Waals surface area contributed by atoms with Gasteiger partial charge in [-0.05, 0) is 54.8 Å². The highest BCUT2D eigenvalue weighted by Crippen LogP contribution is 2.31. The van der Waals surface area contributed by atoms with E-state index in [1.807, 2.05) is 43.3 Å². The molecule has 0 saturated heterocycles. The monoisotopic (exact) mass is 331 g/mol. The van der Waals surface area contributed by atoms with Gasteiger partial charge in [-0.2, -0.15) is 0 Å². The van der Waals surface area contributed by atoms with Crippen LogP contribution in [0.25, 0.3) is 0 Å². The molecule has 1 atom stereocenters. The molecule has 120 valence electrons. The Morgan fingerprint density at radius 3 is 2.87 bits per heavy atom. The summed E-state index contributed by atoms with van der Waals surface area (Å²) in [4.78, 5) is 12.5. The van der Waals surface area contributed by atoms with Gasteiger partial charge in [0.15, 0.2) is 0 Å². The van der Waals surface area contributed by atoms with Gasteiger partial charge in [0, 0.05) is 0 Å². The summed E-state index contributed by atoms with van der Waals surface area (Å²) in [5.74, 6) is 1.22. The second-order valence-electron chi connectivity index (χ2n) is 5.66. The number of hydrogen-bond acceptors (Lipinski definition) is 3. The number of amides is 1. The fourth-order valence-electron chi connectivity index (χ4n) is 2.62. The normalized spacial score (nSPS) is 16.2. The van der Waals surface area contributed by atoms with Gasteiger partial charge >= 0.3 is 0 Å². The smallest absolute Gasteiger partial charge is 0.231 e. The molecule has 1 N–H and O–H groups in total. The molecule has 2 aromatic carbocycles. The number of ether oxygens (including phenoxy) is 2. The van der Waals surface area contributed by atoms with E-state index in [4.69, 9.17) is 21.1 Å². The summed E-state index contributed by atoms with van der Waals surface area (Å²) in [6, 6.07) is 11.2. The van der Waals surface area contributed by atoms with Gasteiger partial charge in [-0.25, -0.2) is 0 Å². The Labute approximate surface area is 140 Å². The van der Waals surface area contributed by atoms with Crippen LogP contribution < -0.4 is 14.8 Å². The van der Waals surface area contributed by atoms with E-state index >= 15 is 0 Å². The molecule has 0 spiro atoms. The van der Waals surface area contributed by atoms with E-state index in [1.54, 1.807) is 7.11 Å². The number of carbonyl (C=O) groups is 1. The molecule has 1 aliphatic rings. The standard InChI is InChI=1S/C18H18ClNO3/c1-11-3-5-16(15(19)7-11)20-18(21)13-8-12-9-14(22-2)4-6-17(12)23-10-13/h3-7,9,13H,8,10H2,1-2H3,(H,20,21)/t13-/m0/s1. The number of rotatable bonds is 3. The van der Waals surface area contributed by atoms with Gasteiger partial charge in [0.1, 0.15) is 18.1 Å². The molecular weight excluding hydrogens is 314 g/mol. The minimum Gasteiger partial charge on any atom is -0.497 e. The number of fused-ring (bicyclic) bond motifs is 1. The lowest BCUT2D eigenvalue weighted by atomic mass is 9.95. The first-order chi connectivity index (χ1) is 11.1. The van der Waals surface area contributed by atoms with Crippen molar-refractivity contribution in [3.63, 3.8) is 0 Å². The molecule has 23 heavy (non-hydrogen) atoms. The zero-order valence-electron chi connectivity index (χ0n) is 13.1. The SMILES string of the molecule is COc1ccc2c(c1)C[C@H](C(=O)Nc1ccc(C)cc1Cl)CO2. The Kier molecular flexibility index (Phi) is 4.44. The average Bonchev–Trinajstić information content (AvgIpc) is 2.56. The van der Waals surface area contributed by atoms with E-state index in [9.17, 15) is 4.79 Å². The quantitative estimate of drug-likeness (QED) is 0.929. The Hall–Kier alpha value is -2.20.